The number of fused-ring (bicyclic) bond motifs is 1. The van der Waals surface area contributed by atoms with Crippen molar-refractivity contribution in [3.8, 4) is 5.88 Å². The summed E-state index contributed by atoms with van der Waals surface area (Å²) >= 11 is 0. The summed E-state index contributed by atoms with van der Waals surface area (Å²) < 4.78 is 43.5. The minimum absolute atomic E-state index is 0.101. The minimum Gasteiger partial charge on any atom is -0.471 e. The van der Waals surface area contributed by atoms with E-state index in [-0.39, 0.29) is 31.0 Å². The zero-order chi connectivity index (χ0) is 18.3. The number of likely N-dealkylation sites (tertiary alicyclic amines) is 1. The molecule has 1 amide bonds. The Kier molecular flexibility index (Phi) is 3.78. The summed E-state index contributed by atoms with van der Waals surface area (Å²) in [6.07, 6.45) is -2.23. The molecule has 3 heterocycles. The summed E-state index contributed by atoms with van der Waals surface area (Å²) in [7, 11) is 0. The maximum absolute atomic E-state index is 12.7. The van der Waals surface area contributed by atoms with Crippen LogP contribution in [0.3, 0.4) is 0 Å². The van der Waals surface area contributed by atoms with E-state index in [1.165, 1.54) is 0 Å². The van der Waals surface area contributed by atoms with Crippen LogP contribution in [0.15, 0.2) is 42.9 Å². The Bertz CT molecular complexity index is 964. The molecule has 0 saturated carbocycles. The maximum Gasteiger partial charge on any atom is 0.416 e. The lowest BCUT2D eigenvalue weighted by molar-refractivity contribution is -0.137. The van der Waals surface area contributed by atoms with Crippen LogP contribution >= 0.6 is 0 Å². The van der Waals surface area contributed by atoms with Crippen molar-refractivity contribution in [1.29, 1.82) is 0 Å². The zero-order valence-corrected chi connectivity index (χ0v) is 13.3. The summed E-state index contributed by atoms with van der Waals surface area (Å²) in [5.41, 5.74) is 1.22. The predicted octanol–water partition coefficient (Wildman–Crippen LogP) is 2.88. The first-order valence-electron chi connectivity index (χ1n) is 7.82. The Balaban J connectivity index is 1.38. The van der Waals surface area contributed by atoms with Gasteiger partial charge in [0.2, 0.25) is 5.88 Å². The quantitative estimate of drug-likeness (QED) is 0.778. The van der Waals surface area contributed by atoms with Gasteiger partial charge in [-0.25, -0.2) is 9.97 Å². The SMILES string of the molecule is O=C(c1ccc2nc[nH]c2c1)N1CC(Oc2cc(C(F)(F)F)ccn2)C1. The molecule has 0 bridgehead atoms. The van der Waals surface area contributed by atoms with E-state index >= 15 is 0 Å². The largest absolute Gasteiger partial charge is 0.471 e. The summed E-state index contributed by atoms with van der Waals surface area (Å²) in [5, 5.41) is 0. The predicted molar refractivity (Wildman–Crippen MR) is 85.7 cm³/mol. The molecular weight excluding hydrogens is 349 g/mol. The van der Waals surface area contributed by atoms with Gasteiger partial charge in [-0.2, -0.15) is 13.2 Å². The Morgan fingerprint density at radius 2 is 2.00 bits per heavy atom. The molecule has 0 spiro atoms. The molecule has 0 aliphatic carbocycles. The fourth-order valence-corrected chi connectivity index (χ4v) is 2.75. The second-order valence-electron chi connectivity index (χ2n) is 5.96. The molecule has 1 aliphatic rings. The fourth-order valence-electron chi connectivity index (χ4n) is 2.75. The van der Waals surface area contributed by atoms with Gasteiger partial charge in [0, 0.05) is 17.8 Å². The number of aromatic amines is 1. The number of imidazole rings is 1. The summed E-state index contributed by atoms with van der Waals surface area (Å²) in [6, 6.07) is 6.90. The molecule has 4 rings (SSSR count). The molecule has 0 atom stereocenters. The third kappa shape index (κ3) is 3.07. The first kappa shape index (κ1) is 16.4. The standard InChI is InChI=1S/C17H13F3N4O2/c18-17(19,20)11-3-4-21-15(6-11)26-12-7-24(8-12)16(25)10-1-2-13-14(5-10)23-9-22-13/h1-6,9,12H,7-8H2,(H,22,23). The molecule has 26 heavy (non-hydrogen) atoms. The molecule has 3 aromatic rings. The summed E-state index contributed by atoms with van der Waals surface area (Å²) in [5.74, 6) is -0.269. The lowest BCUT2D eigenvalue weighted by atomic mass is 10.1. The highest BCUT2D eigenvalue weighted by atomic mass is 19.4. The van der Waals surface area contributed by atoms with Gasteiger partial charge in [0.25, 0.3) is 5.91 Å². The van der Waals surface area contributed by atoms with Gasteiger partial charge in [0.05, 0.1) is 36.0 Å². The number of rotatable bonds is 3. The van der Waals surface area contributed by atoms with Crippen LogP contribution in [0.5, 0.6) is 5.88 Å². The number of alkyl halides is 3. The number of hydrogen-bond acceptors (Lipinski definition) is 4. The zero-order valence-electron chi connectivity index (χ0n) is 13.3. The van der Waals surface area contributed by atoms with Crippen molar-refractivity contribution >= 4 is 16.9 Å². The van der Waals surface area contributed by atoms with Crippen molar-refractivity contribution in [3.63, 3.8) is 0 Å². The molecule has 134 valence electrons. The lowest BCUT2D eigenvalue weighted by Gasteiger charge is -2.38. The number of aromatic nitrogens is 3. The second-order valence-corrected chi connectivity index (χ2v) is 5.96. The molecule has 0 radical (unpaired) electrons. The molecule has 1 aromatic carbocycles. The molecule has 1 N–H and O–H groups in total. The van der Waals surface area contributed by atoms with Gasteiger partial charge in [-0.3, -0.25) is 4.79 Å². The lowest BCUT2D eigenvalue weighted by Crippen LogP contribution is -2.56. The van der Waals surface area contributed by atoms with Gasteiger partial charge in [-0.05, 0) is 24.3 Å². The van der Waals surface area contributed by atoms with Crippen molar-refractivity contribution in [1.82, 2.24) is 19.9 Å². The first-order valence-corrected chi connectivity index (χ1v) is 7.82. The van der Waals surface area contributed by atoms with Crippen LogP contribution in [0.25, 0.3) is 11.0 Å². The molecule has 1 aliphatic heterocycles. The van der Waals surface area contributed by atoms with Crippen LogP contribution < -0.4 is 4.74 Å². The van der Waals surface area contributed by atoms with E-state index in [9.17, 15) is 18.0 Å². The van der Waals surface area contributed by atoms with E-state index in [2.05, 4.69) is 15.0 Å². The Hall–Kier alpha value is -3.10. The number of H-pyrrole nitrogens is 1. The van der Waals surface area contributed by atoms with Crippen LogP contribution in [0.2, 0.25) is 0 Å². The number of carbonyl (C=O) groups is 1. The highest BCUT2D eigenvalue weighted by molar-refractivity contribution is 5.97. The van der Waals surface area contributed by atoms with Crippen LogP contribution in [-0.2, 0) is 6.18 Å². The number of benzene rings is 1. The van der Waals surface area contributed by atoms with Crippen molar-refractivity contribution in [2.45, 2.75) is 12.3 Å². The number of pyridine rings is 1. The van der Waals surface area contributed by atoms with E-state index in [0.717, 1.165) is 29.4 Å². The molecule has 2 aromatic heterocycles. The molecular formula is C17H13F3N4O2. The van der Waals surface area contributed by atoms with E-state index in [0.29, 0.717) is 5.56 Å². The number of nitrogens with one attached hydrogen (secondary N) is 1. The normalized spacial score (nSPS) is 15.1. The van der Waals surface area contributed by atoms with Crippen molar-refractivity contribution in [2.24, 2.45) is 0 Å². The van der Waals surface area contributed by atoms with Gasteiger partial charge in [0.1, 0.15) is 6.10 Å². The fraction of sp³-hybridized carbons (Fsp3) is 0.235. The van der Waals surface area contributed by atoms with Gasteiger partial charge >= 0.3 is 6.18 Å². The van der Waals surface area contributed by atoms with Gasteiger partial charge in [-0.1, -0.05) is 0 Å². The third-order valence-corrected chi connectivity index (χ3v) is 4.15. The van der Waals surface area contributed by atoms with E-state index in [1.807, 2.05) is 0 Å². The van der Waals surface area contributed by atoms with Crippen LogP contribution in [0.4, 0.5) is 13.2 Å². The monoisotopic (exact) mass is 362 g/mol. The molecule has 0 unspecified atom stereocenters. The molecule has 1 fully saturated rings. The highest BCUT2D eigenvalue weighted by Crippen LogP contribution is 2.31. The van der Waals surface area contributed by atoms with Crippen molar-refractivity contribution in [2.75, 3.05) is 13.1 Å². The van der Waals surface area contributed by atoms with Crippen molar-refractivity contribution in [3.05, 3.63) is 54.0 Å². The average Bonchev–Trinajstić information content (AvgIpc) is 3.04. The van der Waals surface area contributed by atoms with Gasteiger partial charge in [0.15, 0.2) is 0 Å². The van der Waals surface area contributed by atoms with Gasteiger partial charge < -0.3 is 14.6 Å². The highest BCUT2D eigenvalue weighted by Gasteiger charge is 2.34. The second kappa shape index (κ2) is 6.01. The molecule has 1 saturated heterocycles. The Morgan fingerprint density at radius 1 is 1.19 bits per heavy atom. The minimum atomic E-state index is -4.45. The first-order chi connectivity index (χ1) is 12.4. The Morgan fingerprint density at radius 3 is 2.77 bits per heavy atom. The summed E-state index contributed by atoms with van der Waals surface area (Å²) in [4.78, 5) is 24.8. The van der Waals surface area contributed by atoms with Crippen LogP contribution in [-0.4, -0.2) is 45.0 Å². The maximum atomic E-state index is 12.7. The van der Waals surface area contributed by atoms with Crippen LogP contribution in [0.1, 0.15) is 15.9 Å². The molecule has 9 heteroatoms. The van der Waals surface area contributed by atoms with Crippen molar-refractivity contribution < 1.29 is 22.7 Å². The number of carbonyl (C=O) groups excluding carboxylic acids is 1. The number of nitrogens with zero attached hydrogens (tertiary/aromatic N) is 3. The smallest absolute Gasteiger partial charge is 0.416 e. The van der Waals surface area contributed by atoms with E-state index < -0.39 is 11.7 Å². The number of amides is 1. The number of halogens is 3. The number of hydrogen-bond donors (Lipinski definition) is 1. The summed E-state index contributed by atoms with van der Waals surface area (Å²) in [6.45, 7) is 0.579. The van der Waals surface area contributed by atoms with E-state index in [1.54, 1.807) is 29.4 Å². The molecule has 6 nitrogen and oxygen atoms in total. The van der Waals surface area contributed by atoms with Crippen LogP contribution in [0, 0.1) is 0 Å². The third-order valence-electron chi connectivity index (χ3n) is 4.15. The van der Waals surface area contributed by atoms with Gasteiger partial charge in [-0.15, -0.1) is 0 Å². The average molecular weight is 362 g/mol. The Labute approximate surface area is 145 Å². The van der Waals surface area contributed by atoms with E-state index in [4.69, 9.17) is 4.74 Å². The number of ether oxygens (including phenoxy) is 1. The topological polar surface area (TPSA) is 71.1 Å².